The second-order valence-electron chi connectivity index (χ2n) is 6.94. The molecule has 8 nitrogen and oxygen atoms in total. The van der Waals surface area contributed by atoms with Crippen molar-refractivity contribution in [3.63, 3.8) is 0 Å². The van der Waals surface area contributed by atoms with Gasteiger partial charge in [0.1, 0.15) is 6.04 Å². The lowest BCUT2D eigenvalue weighted by atomic mass is 10.2. The summed E-state index contributed by atoms with van der Waals surface area (Å²) < 4.78 is 10.9. The molecule has 1 amide bonds. The largest absolute Gasteiger partial charge is 0.378 e. The number of ether oxygens (including phenoxy) is 1. The predicted molar refractivity (Wildman–Crippen MR) is 113 cm³/mol. The summed E-state index contributed by atoms with van der Waals surface area (Å²) in [5.41, 5.74) is 0.942. The number of hydrogen-bond donors (Lipinski definition) is 1. The monoisotopic (exact) mass is 443 g/mol. The number of halogens is 2. The van der Waals surface area contributed by atoms with E-state index >= 15 is 0 Å². The van der Waals surface area contributed by atoms with Crippen molar-refractivity contribution in [3.8, 4) is 11.4 Å². The first-order chi connectivity index (χ1) is 13.2. The first-order valence-electron chi connectivity index (χ1n) is 9.45. The summed E-state index contributed by atoms with van der Waals surface area (Å²) in [7, 11) is 0. The van der Waals surface area contributed by atoms with Crippen molar-refractivity contribution in [1.29, 1.82) is 0 Å². The highest BCUT2D eigenvalue weighted by Gasteiger charge is 2.31. The van der Waals surface area contributed by atoms with E-state index in [1.807, 2.05) is 35.2 Å². The quantitative estimate of drug-likeness (QED) is 0.770. The highest BCUT2D eigenvalue weighted by atomic mass is 35.5. The molecule has 1 N–H and O–H groups in total. The molecule has 2 aliphatic heterocycles. The van der Waals surface area contributed by atoms with Crippen LogP contribution in [0.1, 0.15) is 18.9 Å². The summed E-state index contributed by atoms with van der Waals surface area (Å²) in [5.74, 6) is 1.34. The molecule has 0 radical (unpaired) electrons. The maximum atomic E-state index is 12.6. The molecule has 29 heavy (non-hydrogen) atoms. The summed E-state index contributed by atoms with van der Waals surface area (Å²) in [6, 6.07) is 9.60. The maximum Gasteiger partial charge on any atom is 0.244 e. The number of benzene rings is 1. The SMILES string of the molecule is CC(c1nc(-c2ccccc2)no1)N1CCN(C(=O)C2COCCN2)CC1.Cl.Cl. The Bertz CT molecular complexity index is 762. The zero-order valence-corrected chi connectivity index (χ0v) is 18.0. The number of aromatic nitrogens is 2. The van der Waals surface area contributed by atoms with Gasteiger partial charge in [0, 0.05) is 38.3 Å². The average Bonchev–Trinajstić information content (AvgIpc) is 3.24. The Kier molecular flexibility index (Phi) is 8.85. The summed E-state index contributed by atoms with van der Waals surface area (Å²) in [6.45, 7) is 6.88. The van der Waals surface area contributed by atoms with Gasteiger partial charge in [-0.15, -0.1) is 24.8 Å². The molecule has 2 aromatic rings. The average molecular weight is 444 g/mol. The molecule has 0 saturated carbocycles. The van der Waals surface area contributed by atoms with Gasteiger partial charge < -0.3 is 19.5 Å². The number of nitrogens with one attached hydrogen (secondary N) is 1. The minimum absolute atomic E-state index is 0. The fraction of sp³-hybridized carbons (Fsp3) is 0.526. The number of rotatable bonds is 4. The molecule has 2 saturated heterocycles. The van der Waals surface area contributed by atoms with E-state index in [1.165, 1.54) is 0 Å². The number of carbonyl (C=O) groups excluding carboxylic acids is 1. The van der Waals surface area contributed by atoms with Crippen molar-refractivity contribution >= 4 is 30.7 Å². The van der Waals surface area contributed by atoms with Crippen LogP contribution in [0.25, 0.3) is 11.4 Å². The third-order valence-electron chi connectivity index (χ3n) is 5.22. The van der Waals surface area contributed by atoms with E-state index in [0.29, 0.717) is 38.0 Å². The standard InChI is InChI=1S/C19H25N5O3.2ClH/c1-14(18-21-17(22-27-18)15-5-3-2-4-6-15)23-8-10-24(11-9-23)19(25)16-13-26-12-7-20-16;;/h2-6,14,16,20H,7-13H2,1H3;2*1H. The zero-order valence-electron chi connectivity index (χ0n) is 16.3. The molecule has 0 aliphatic carbocycles. The van der Waals surface area contributed by atoms with Crippen LogP contribution in [0.15, 0.2) is 34.9 Å². The third-order valence-corrected chi connectivity index (χ3v) is 5.22. The van der Waals surface area contributed by atoms with Gasteiger partial charge in [-0.1, -0.05) is 35.5 Å². The highest BCUT2D eigenvalue weighted by Crippen LogP contribution is 2.23. The highest BCUT2D eigenvalue weighted by molar-refractivity contribution is 5.85. The van der Waals surface area contributed by atoms with E-state index in [1.54, 1.807) is 0 Å². The minimum Gasteiger partial charge on any atom is -0.378 e. The van der Waals surface area contributed by atoms with Crippen LogP contribution in [0, 0.1) is 0 Å². The lowest BCUT2D eigenvalue weighted by Crippen LogP contribution is -2.57. The second-order valence-corrected chi connectivity index (χ2v) is 6.94. The van der Waals surface area contributed by atoms with Crippen LogP contribution in [0.3, 0.4) is 0 Å². The molecule has 0 spiro atoms. The van der Waals surface area contributed by atoms with Gasteiger partial charge in [0.05, 0.1) is 19.3 Å². The van der Waals surface area contributed by atoms with Crippen molar-refractivity contribution in [3.05, 3.63) is 36.2 Å². The topological polar surface area (TPSA) is 83.7 Å². The molecule has 2 fully saturated rings. The number of nitrogens with zero attached hydrogens (tertiary/aromatic N) is 4. The van der Waals surface area contributed by atoms with Crippen LogP contribution in [-0.2, 0) is 9.53 Å². The van der Waals surface area contributed by atoms with Crippen LogP contribution in [-0.4, -0.2) is 77.8 Å². The summed E-state index contributed by atoms with van der Waals surface area (Å²) in [5, 5.41) is 7.34. The first kappa shape index (κ1) is 23.6. The second kappa shape index (κ2) is 10.9. The molecule has 2 aliphatic rings. The molecule has 10 heteroatoms. The van der Waals surface area contributed by atoms with Gasteiger partial charge in [-0.25, -0.2) is 0 Å². The van der Waals surface area contributed by atoms with Crippen molar-refractivity contribution in [2.45, 2.75) is 19.0 Å². The first-order valence-corrected chi connectivity index (χ1v) is 9.45. The molecule has 160 valence electrons. The molecule has 2 atom stereocenters. The molecule has 4 rings (SSSR count). The van der Waals surface area contributed by atoms with Crippen LogP contribution in [0.2, 0.25) is 0 Å². The Morgan fingerprint density at radius 3 is 2.55 bits per heavy atom. The number of piperazine rings is 1. The Labute approximate surface area is 182 Å². The van der Waals surface area contributed by atoms with Crippen LogP contribution < -0.4 is 5.32 Å². The Hall–Kier alpha value is -1.71. The van der Waals surface area contributed by atoms with E-state index in [0.717, 1.165) is 25.2 Å². The normalized spacial score (nSPS) is 21.0. The van der Waals surface area contributed by atoms with E-state index < -0.39 is 0 Å². The fourth-order valence-electron chi connectivity index (χ4n) is 3.54. The van der Waals surface area contributed by atoms with Gasteiger partial charge in [-0.05, 0) is 6.92 Å². The zero-order chi connectivity index (χ0) is 18.6. The van der Waals surface area contributed by atoms with Crippen molar-refractivity contribution in [2.24, 2.45) is 0 Å². The summed E-state index contributed by atoms with van der Waals surface area (Å²) >= 11 is 0. The van der Waals surface area contributed by atoms with Crippen LogP contribution in [0.4, 0.5) is 0 Å². The van der Waals surface area contributed by atoms with Gasteiger partial charge in [-0.3, -0.25) is 9.69 Å². The van der Waals surface area contributed by atoms with Crippen LogP contribution >= 0.6 is 24.8 Å². The number of amides is 1. The molecule has 1 aromatic heterocycles. The van der Waals surface area contributed by atoms with Crippen molar-refractivity contribution in [1.82, 2.24) is 25.3 Å². The minimum atomic E-state index is -0.216. The van der Waals surface area contributed by atoms with E-state index in [4.69, 9.17) is 9.26 Å². The molecule has 2 unspecified atom stereocenters. The maximum absolute atomic E-state index is 12.6. The smallest absolute Gasteiger partial charge is 0.244 e. The van der Waals surface area contributed by atoms with E-state index in [-0.39, 0.29) is 42.8 Å². The Morgan fingerprint density at radius 2 is 1.90 bits per heavy atom. The number of hydrogen-bond acceptors (Lipinski definition) is 7. The lowest BCUT2D eigenvalue weighted by molar-refractivity contribution is -0.138. The summed E-state index contributed by atoms with van der Waals surface area (Å²) in [4.78, 5) is 21.3. The van der Waals surface area contributed by atoms with Gasteiger partial charge in [0.2, 0.25) is 17.6 Å². The van der Waals surface area contributed by atoms with Gasteiger partial charge in [0.25, 0.3) is 0 Å². The third kappa shape index (κ3) is 5.46. The molecular formula is C19H27Cl2N5O3. The molecular weight excluding hydrogens is 417 g/mol. The van der Waals surface area contributed by atoms with Crippen LogP contribution in [0.5, 0.6) is 0 Å². The summed E-state index contributed by atoms with van der Waals surface area (Å²) in [6.07, 6.45) is 0. The van der Waals surface area contributed by atoms with E-state index in [9.17, 15) is 4.79 Å². The Morgan fingerprint density at radius 1 is 1.17 bits per heavy atom. The molecule has 3 heterocycles. The Balaban J connectivity index is 0.00000150. The number of morpholine rings is 1. The lowest BCUT2D eigenvalue weighted by Gasteiger charge is -2.38. The van der Waals surface area contributed by atoms with Gasteiger partial charge in [0.15, 0.2) is 0 Å². The van der Waals surface area contributed by atoms with E-state index in [2.05, 4.69) is 27.3 Å². The van der Waals surface area contributed by atoms with Gasteiger partial charge >= 0.3 is 0 Å². The van der Waals surface area contributed by atoms with Gasteiger partial charge in [-0.2, -0.15) is 4.98 Å². The number of carbonyl (C=O) groups is 1. The molecule has 0 bridgehead atoms. The van der Waals surface area contributed by atoms with Crippen molar-refractivity contribution in [2.75, 3.05) is 45.9 Å². The van der Waals surface area contributed by atoms with Crippen molar-refractivity contribution < 1.29 is 14.1 Å². The fourth-order valence-corrected chi connectivity index (χ4v) is 3.54. The molecule has 1 aromatic carbocycles. The predicted octanol–water partition coefficient (Wildman–Crippen LogP) is 1.77.